The van der Waals surface area contributed by atoms with Crippen molar-refractivity contribution in [1.29, 1.82) is 0 Å². The predicted octanol–water partition coefficient (Wildman–Crippen LogP) is 6.37. The lowest BCUT2D eigenvalue weighted by atomic mass is 9.95. The van der Waals surface area contributed by atoms with Crippen LogP contribution in [0.4, 0.5) is 0 Å². The summed E-state index contributed by atoms with van der Waals surface area (Å²) in [6, 6.07) is 19.3. The molecule has 2 aromatic carbocycles. The van der Waals surface area contributed by atoms with Crippen LogP contribution in [-0.2, 0) is 11.2 Å². The van der Waals surface area contributed by atoms with Crippen LogP contribution in [0, 0.1) is 0 Å². The number of aryl methyl sites for hydroxylation is 1. The Morgan fingerprint density at radius 3 is 2.47 bits per heavy atom. The van der Waals surface area contributed by atoms with Crippen molar-refractivity contribution in [3.05, 3.63) is 65.7 Å². The lowest BCUT2D eigenvalue weighted by molar-refractivity contribution is -0.132. The van der Waals surface area contributed by atoms with E-state index in [0.717, 1.165) is 43.6 Å². The van der Waals surface area contributed by atoms with E-state index in [0.29, 0.717) is 6.04 Å². The third-order valence-electron chi connectivity index (χ3n) is 6.13. The molecule has 2 aromatic rings. The molecule has 162 valence electrons. The van der Waals surface area contributed by atoms with Crippen molar-refractivity contribution in [2.45, 2.75) is 76.7 Å². The van der Waals surface area contributed by atoms with E-state index in [-0.39, 0.29) is 11.8 Å². The quantitative estimate of drug-likeness (QED) is 0.361. The zero-order chi connectivity index (χ0) is 21.2. The average molecular weight is 408 g/mol. The molecular formula is C27H37NO2. The van der Waals surface area contributed by atoms with Crippen LogP contribution >= 0.6 is 0 Å². The molecule has 0 aromatic heterocycles. The lowest BCUT2D eigenvalue weighted by Crippen LogP contribution is -2.33. The van der Waals surface area contributed by atoms with E-state index in [1.807, 2.05) is 24.1 Å². The fraction of sp³-hybridized carbons (Fsp3) is 0.519. The largest absolute Gasteiger partial charge is 0.494 e. The van der Waals surface area contributed by atoms with Gasteiger partial charge in [0.15, 0.2) is 0 Å². The first-order valence-electron chi connectivity index (χ1n) is 11.7. The zero-order valence-corrected chi connectivity index (χ0v) is 18.7. The van der Waals surface area contributed by atoms with Gasteiger partial charge in [-0.3, -0.25) is 4.79 Å². The molecule has 0 bridgehead atoms. The first-order valence-corrected chi connectivity index (χ1v) is 11.7. The molecule has 3 heteroatoms. The highest BCUT2D eigenvalue weighted by atomic mass is 16.5. The average Bonchev–Trinajstić information content (AvgIpc) is 3.62. The number of rotatable bonds is 13. The molecule has 0 aliphatic heterocycles. The summed E-state index contributed by atoms with van der Waals surface area (Å²) >= 11 is 0. The van der Waals surface area contributed by atoms with E-state index in [1.54, 1.807) is 0 Å². The Bertz CT molecular complexity index is 769. The van der Waals surface area contributed by atoms with E-state index < -0.39 is 0 Å². The number of amides is 1. The maximum absolute atomic E-state index is 12.8. The Balaban J connectivity index is 1.35. The van der Waals surface area contributed by atoms with Crippen LogP contribution in [0.5, 0.6) is 5.75 Å². The van der Waals surface area contributed by atoms with Gasteiger partial charge in [0.05, 0.1) is 12.5 Å². The van der Waals surface area contributed by atoms with Crippen LogP contribution in [0.25, 0.3) is 0 Å². The topological polar surface area (TPSA) is 29.5 Å². The molecule has 0 saturated heterocycles. The Labute approximate surface area is 182 Å². The van der Waals surface area contributed by atoms with E-state index in [2.05, 4.69) is 49.4 Å². The number of ether oxygens (including phenoxy) is 1. The molecule has 30 heavy (non-hydrogen) atoms. The van der Waals surface area contributed by atoms with E-state index in [1.165, 1.54) is 37.7 Å². The first-order chi connectivity index (χ1) is 14.7. The third kappa shape index (κ3) is 6.90. The molecule has 1 unspecified atom stereocenters. The summed E-state index contributed by atoms with van der Waals surface area (Å²) in [7, 11) is 1.95. The van der Waals surface area contributed by atoms with Gasteiger partial charge < -0.3 is 9.64 Å². The predicted molar refractivity (Wildman–Crippen MR) is 124 cm³/mol. The summed E-state index contributed by atoms with van der Waals surface area (Å²) in [6.45, 7) is 2.84. The summed E-state index contributed by atoms with van der Waals surface area (Å²) in [5.74, 6) is 1.06. The number of carbonyl (C=O) groups is 1. The Hall–Kier alpha value is -2.29. The Morgan fingerprint density at radius 1 is 1.00 bits per heavy atom. The Morgan fingerprint density at radius 2 is 1.73 bits per heavy atom. The van der Waals surface area contributed by atoms with Crippen molar-refractivity contribution in [3.63, 3.8) is 0 Å². The molecule has 1 fully saturated rings. The molecule has 0 heterocycles. The Kier molecular flexibility index (Phi) is 8.80. The number of unbranched alkanes of at least 4 members (excludes halogenated alkanes) is 4. The van der Waals surface area contributed by atoms with Crippen molar-refractivity contribution < 1.29 is 9.53 Å². The molecule has 1 amide bonds. The first kappa shape index (κ1) is 22.4. The molecule has 1 atom stereocenters. The minimum absolute atomic E-state index is 0.0660. The molecule has 3 nitrogen and oxygen atoms in total. The third-order valence-corrected chi connectivity index (χ3v) is 6.13. The fourth-order valence-corrected chi connectivity index (χ4v) is 4.06. The molecule has 1 aliphatic rings. The number of hydrogen-bond acceptors (Lipinski definition) is 2. The zero-order valence-electron chi connectivity index (χ0n) is 18.7. The fourth-order valence-electron chi connectivity index (χ4n) is 4.06. The van der Waals surface area contributed by atoms with Crippen molar-refractivity contribution in [2.24, 2.45) is 0 Å². The van der Waals surface area contributed by atoms with Gasteiger partial charge in [0, 0.05) is 13.1 Å². The number of hydrogen-bond donors (Lipinski definition) is 0. The van der Waals surface area contributed by atoms with Crippen LogP contribution in [0.1, 0.15) is 75.3 Å². The summed E-state index contributed by atoms with van der Waals surface area (Å²) in [6.07, 6.45) is 10.4. The maximum Gasteiger partial charge on any atom is 0.230 e. The minimum Gasteiger partial charge on any atom is -0.494 e. The van der Waals surface area contributed by atoms with Crippen LogP contribution in [0.15, 0.2) is 54.6 Å². The molecule has 0 spiro atoms. The number of nitrogens with zero attached hydrogens (tertiary/aromatic N) is 1. The summed E-state index contributed by atoms with van der Waals surface area (Å²) in [5, 5.41) is 0. The summed E-state index contributed by atoms with van der Waals surface area (Å²) < 4.78 is 5.99. The molecule has 1 saturated carbocycles. The van der Waals surface area contributed by atoms with Gasteiger partial charge in [-0.2, -0.15) is 0 Å². The second kappa shape index (κ2) is 11.8. The van der Waals surface area contributed by atoms with E-state index in [4.69, 9.17) is 4.74 Å². The van der Waals surface area contributed by atoms with Crippen molar-refractivity contribution in [3.8, 4) is 5.75 Å². The highest BCUT2D eigenvalue weighted by Crippen LogP contribution is 2.31. The van der Waals surface area contributed by atoms with Crippen molar-refractivity contribution in [1.82, 2.24) is 4.90 Å². The lowest BCUT2D eigenvalue weighted by Gasteiger charge is -2.23. The molecular weight excluding hydrogens is 370 g/mol. The normalized spacial score (nSPS) is 14.3. The van der Waals surface area contributed by atoms with Gasteiger partial charge in [-0.15, -0.1) is 0 Å². The molecule has 3 rings (SSSR count). The van der Waals surface area contributed by atoms with Gasteiger partial charge in [-0.05, 0) is 61.8 Å². The number of carbonyl (C=O) groups excluding carboxylic acids is 1. The van der Waals surface area contributed by atoms with E-state index >= 15 is 0 Å². The SMILES string of the molecule is CCC(C(=O)N(C)C1CC1)c1cccc(OCCCCCCCc2ccccc2)c1. The summed E-state index contributed by atoms with van der Waals surface area (Å²) in [4.78, 5) is 14.8. The van der Waals surface area contributed by atoms with Crippen LogP contribution in [-0.4, -0.2) is 30.5 Å². The molecule has 1 aliphatic carbocycles. The standard InChI is InChI=1S/C27H37NO2/c1-3-26(27(29)28(2)24-18-19-24)23-16-12-17-25(21-23)30-20-11-6-4-5-8-13-22-14-9-7-10-15-22/h7,9-10,12,14-17,21,24,26H,3-6,8,11,13,18-20H2,1-2H3. The maximum atomic E-state index is 12.8. The van der Waals surface area contributed by atoms with Crippen LogP contribution in [0.2, 0.25) is 0 Å². The second-order valence-corrected chi connectivity index (χ2v) is 8.57. The van der Waals surface area contributed by atoms with Gasteiger partial charge in [0.2, 0.25) is 5.91 Å². The van der Waals surface area contributed by atoms with Gasteiger partial charge in [-0.25, -0.2) is 0 Å². The van der Waals surface area contributed by atoms with Crippen molar-refractivity contribution >= 4 is 5.91 Å². The van der Waals surface area contributed by atoms with Gasteiger partial charge in [0.1, 0.15) is 5.75 Å². The van der Waals surface area contributed by atoms with Gasteiger partial charge in [-0.1, -0.05) is 68.7 Å². The highest BCUT2D eigenvalue weighted by Gasteiger charge is 2.33. The second-order valence-electron chi connectivity index (χ2n) is 8.57. The number of benzene rings is 2. The van der Waals surface area contributed by atoms with Crippen LogP contribution < -0.4 is 4.74 Å². The molecule has 0 N–H and O–H groups in total. The smallest absolute Gasteiger partial charge is 0.230 e. The van der Waals surface area contributed by atoms with Crippen LogP contribution in [0.3, 0.4) is 0 Å². The van der Waals surface area contributed by atoms with E-state index in [9.17, 15) is 4.79 Å². The monoisotopic (exact) mass is 407 g/mol. The van der Waals surface area contributed by atoms with Gasteiger partial charge >= 0.3 is 0 Å². The van der Waals surface area contributed by atoms with Crippen molar-refractivity contribution in [2.75, 3.05) is 13.7 Å². The highest BCUT2D eigenvalue weighted by molar-refractivity contribution is 5.84. The summed E-state index contributed by atoms with van der Waals surface area (Å²) in [5.41, 5.74) is 2.52. The minimum atomic E-state index is -0.0660. The molecule has 0 radical (unpaired) electrons. The van der Waals surface area contributed by atoms with Gasteiger partial charge in [0.25, 0.3) is 0 Å². The number of likely N-dealkylation sites (N-methyl/N-ethyl adjacent to an activating group) is 1.